The molecule has 0 fully saturated rings. The molecule has 0 spiro atoms. The fourth-order valence-corrected chi connectivity index (χ4v) is 1.71. The minimum atomic E-state index is -4.52. The molecular formula is C14H13F3N4O. The van der Waals surface area contributed by atoms with Gasteiger partial charge in [0.15, 0.2) is 5.69 Å². The Balaban J connectivity index is 1.89. The summed E-state index contributed by atoms with van der Waals surface area (Å²) in [5.41, 5.74) is 3.05. The number of carbonyl (C=O) groups excluding carboxylic acids is 1. The summed E-state index contributed by atoms with van der Waals surface area (Å²) in [4.78, 5) is 11.6. The first-order chi connectivity index (χ1) is 10.3. The van der Waals surface area contributed by atoms with E-state index < -0.39 is 17.8 Å². The Morgan fingerprint density at radius 2 is 2.18 bits per heavy atom. The van der Waals surface area contributed by atoms with Crippen molar-refractivity contribution >= 4 is 12.1 Å². The van der Waals surface area contributed by atoms with Crippen LogP contribution in [0.4, 0.5) is 13.2 Å². The van der Waals surface area contributed by atoms with Crippen LogP contribution in [0.3, 0.4) is 0 Å². The van der Waals surface area contributed by atoms with Crippen molar-refractivity contribution in [2.45, 2.75) is 19.6 Å². The molecule has 0 unspecified atom stereocenters. The number of alkyl halides is 3. The van der Waals surface area contributed by atoms with Gasteiger partial charge in [-0.05, 0) is 18.6 Å². The van der Waals surface area contributed by atoms with Gasteiger partial charge in [0.2, 0.25) is 0 Å². The predicted octanol–water partition coefficient (Wildman–Crippen LogP) is 2.36. The molecule has 0 aliphatic carbocycles. The van der Waals surface area contributed by atoms with Gasteiger partial charge in [-0.15, -0.1) is 0 Å². The minimum absolute atomic E-state index is 0.346. The highest BCUT2D eigenvalue weighted by Gasteiger charge is 2.33. The van der Waals surface area contributed by atoms with E-state index >= 15 is 0 Å². The Morgan fingerprint density at radius 3 is 2.82 bits per heavy atom. The summed E-state index contributed by atoms with van der Waals surface area (Å²) >= 11 is 0. The van der Waals surface area contributed by atoms with Gasteiger partial charge >= 0.3 is 6.18 Å². The van der Waals surface area contributed by atoms with Gasteiger partial charge in [-0.2, -0.15) is 23.4 Å². The topological polar surface area (TPSA) is 59.3 Å². The minimum Gasteiger partial charge on any atom is -0.271 e. The van der Waals surface area contributed by atoms with Gasteiger partial charge in [0.1, 0.15) is 6.54 Å². The van der Waals surface area contributed by atoms with Crippen molar-refractivity contribution in [2.24, 2.45) is 5.10 Å². The first-order valence-corrected chi connectivity index (χ1v) is 6.34. The summed E-state index contributed by atoms with van der Waals surface area (Å²) in [5.74, 6) is -0.569. The van der Waals surface area contributed by atoms with Crippen LogP contribution in [0.25, 0.3) is 0 Å². The molecule has 5 nitrogen and oxygen atoms in total. The van der Waals surface area contributed by atoms with Crippen LogP contribution in [-0.2, 0) is 17.5 Å². The summed E-state index contributed by atoms with van der Waals surface area (Å²) < 4.78 is 38.0. The first kappa shape index (κ1) is 15.7. The van der Waals surface area contributed by atoms with Crippen LogP contribution in [0.1, 0.15) is 16.8 Å². The summed E-state index contributed by atoms with van der Waals surface area (Å²) in [6.45, 7) is 1.58. The van der Waals surface area contributed by atoms with Crippen LogP contribution < -0.4 is 5.43 Å². The largest absolute Gasteiger partial charge is 0.435 e. The van der Waals surface area contributed by atoms with Gasteiger partial charge in [0.05, 0.1) is 6.21 Å². The lowest BCUT2D eigenvalue weighted by molar-refractivity contribution is -0.141. The van der Waals surface area contributed by atoms with Crippen molar-refractivity contribution in [2.75, 3.05) is 0 Å². The number of halogens is 3. The van der Waals surface area contributed by atoms with E-state index in [1.54, 1.807) is 0 Å². The molecule has 1 amide bonds. The van der Waals surface area contributed by atoms with E-state index in [0.717, 1.165) is 28.1 Å². The summed E-state index contributed by atoms with van der Waals surface area (Å²) in [6, 6.07) is 8.26. The van der Waals surface area contributed by atoms with Crippen LogP contribution in [0.5, 0.6) is 0 Å². The summed E-state index contributed by atoms with van der Waals surface area (Å²) in [5, 5.41) is 7.02. The third-order valence-corrected chi connectivity index (χ3v) is 2.68. The van der Waals surface area contributed by atoms with E-state index in [0.29, 0.717) is 0 Å². The van der Waals surface area contributed by atoms with E-state index in [1.807, 2.05) is 31.2 Å². The molecule has 0 saturated heterocycles. The monoisotopic (exact) mass is 310 g/mol. The lowest BCUT2D eigenvalue weighted by atomic mass is 10.2. The molecule has 1 aromatic carbocycles. The van der Waals surface area contributed by atoms with Crippen LogP contribution >= 0.6 is 0 Å². The van der Waals surface area contributed by atoms with Gasteiger partial charge in [-0.25, -0.2) is 5.43 Å². The normalized spacial score (nSPS) is 11.8. The highest BCUT2D eigenvalue weighted by Crippen LogP contribution is 2.27. The van der Waals surface area contributed by atoms with E-state index in [-0.39, 0.29) is 6.54 Å². The Bertz CT molecular complexity index is 691. The number of hydrogen-bond acceptors (Lipinski definition) is 3. The van der Waals surface area contributed by atoms with Gasteiger partial charge < -0.3 is 0 Å². The number of hydrogen-bond donors (Lipinski definition) is 1. The Kier molecular flexibility index (Phi) is 4.59. The van der Waals surface area contributed by atoms with Crippen molar-refractivity contribution in [1.82, 2.24) is 15.2 Å². The van der Waals surface area contributed by atoms with Crippen LogP contribution in [-0.4, -0.2) is 21.9 Å². The zero-order valence-electron chi connectivity index (χ0n) is 11.6. The van der Waals surface area contributed by atoms with Crippen molar-refractivity contribution < 1.29 is 18.0 Å². The number of carbonyl (C=O) groups is 1. The first-order valence-electron chi connectivity index (χ1n) is 6.34. The molecule has 22 heavy (non-hydrogen) atoms. The number of rotatable bonds is 4. The summed E-state index contributed by atoms with van der Waals surface area (Å²) in [7, 11) is 0. The number of aryl methyl sites for hydroxylation is 1. The zero-order valence-corrected chi connectivity index (χ0v) is 11.6. The maximum Gasteiger partial charge on any atom is 0.435 e. The van der Waals surface area contributed by atoms with Crippen molar-refractivity contribution in [3.8, 4) is 0 Å². The molecule has 1 heterocycles. The molecule has 1 N–H and O–H groups in total. The number of benzene rings is 1. The van der Waals surface area contributed by atoms with Crippen molar-refractivity contribution in [3.05, 3.63) is 53.3 Å². The SMILES string of the molecule is Cc1cccc(/C=N\NC(=O)Cn2ccc(C(F)(F)F)n2)c1. The van der Waals surface area contributed by atoms with Gasteiger partial charge in [-0.1, -0.05) is 29.8 Å². The van der Waals surface area contributed by atoms with E-state index in [9.17, 15) is 18.0 Å². The molecule has 0 atom stereocenters. The smallest absolute Gasteiger partial charge is 0.271 e. The van der Waals surface area contributed by atoms with Crippen molar-refractivity contribution in [1.29, 1.82) is 0 Å². The Hall–Kier alpha value is -2.64. The van der Waals surface area contributed by atoms with Gasteiger partial charge in [0, 0.05) is 6.20 Å². The average molecular weight is 310 g/mol. The highest BCUT2D eigenvalue weighted by atomic mass is 19.4. The Morgan fingerprint density at radius 1 is 1.41 bits per heavy atom. The van der Waals surface area contributed by atoms with Gasteiger partial charge in [-0.3, -0.25) is 9.48 Å². The molecule has 0 aliphatic rings. The van der Waals surface area contributed by atoms with Crippen molar-refractivity contribution in [3.63, 3.8) is 0 Å². The van der Waals surface area contributed by atoms with E-state index in [4.69, 9.17) is 0 Å². The average Bonchev–Trinajstić information content (AvgIpc) is 2.87. The molecule has 0 radical (unpaired) electrons. The van der Waals surface area contributed by atoms with E-state index in [2.05, 4.69) is 15.6 Å². The summed E-state index contributed by atoms with van der Waals surface area (Å²) in [6.07, 6.45) is -1.98. The van der Waals surface area contributed by atoms with Crippen LogP contribution in [0, 0.1) is 6.92 Å². The van der Waals surface area contributed by atoms with Crippen LogP contribution in [0.2, 0.25) is 0 Å². The molecule has 8 heteroatoms. The quantitative estimate of drug-likeness (QED) is 0.696. The lowest BCUT2D eigenvalue weighted by Gasteiger charge is -2.02. The second-order valence-corrected chi connectivity index (χ2v) is 4.60. The lowest BCUT2D eigenvalue weighted by Crippen LogP contribution is -2.23. The molecule has 116 valence electrons. The molecular weight excluding hydrogens is 297 g/mol. The van der Waals surface area contributed by atoms with Gasteiger partial charge in [0.25, 0.3) is 5.91 Å². The molecule has 0 aliphatic heterocycles. The number of nitrogens with one attached hydrogen (secondary N) is 1. The second kappa shape index (κ2) is 6.42. The number of amides is 1. The fourth-order valence-electron chi connectivity index (χ4n) is 1.71. The predicted molar refractivity (Wildman–Crippen MR) is 74.1 cm³/mol. The second-order valence-electron chi connectivity index (χ2n) is 4.60. The third kappa shape index (κ3) is 4.44. The highest BCUT2D eigenvalue weighted by molar-refractivity contribution is 5.82. The molecule has 2 rings (SSSR count). The Labute approximate surface area is 124 Å². The van der Waals surface area contributed by atoms with Crippen LogP contribution in [0.15, 0.2) is 41.6 Å². The number of nitrogens with zero attached hydrogens (tertiary/aromatic N) is 3. The standard InChI is InChI=1S/C14H13F3N4O/c1-10-3-2-4-11(7-10)8-18-19-13(22)9-21-6-5-12(20-21)14(15,16)17/h2-8H,9H2,1H3,(H,19,22)/b18-8-. The maximum atomic E-state index is 12.4. The number of aromatic nitrogens is 2. The molecule has 0 saturated carbocycles. The zero-order chi connectivity index (χ0) is 16.2. The van der Waals surface area contributed by atoms with E-state index in [1.165, 1.54) is 6.21 Å². The molecule has 1 aromatic heterocycles. The number of hydrazone groups is 1. The third-order valence-electron chi connectivity index (χ3n) is 2.68. The molecule has 0 bridgehead atoms. The fraction of sp³-hybridized carbons (Fsp3) is 0.214. The molecule has 2 aromatic rings. The maximum absolute atomic E-state index is 12.4.